The van der Waals surface area contributed by atoms with Crippen LogP contribution in [0.15, 0.2) is 55.0 Å². The Kier molecular flexibility index (Phi) is 4.30. The second-order valence-electron chi connectivity index (χ2n) is 5.44. The highest BCUT2D eigenvalue weighted by molar-refractivity contribution is 5.61. The van der Waals surface area contributed by atoms with Crippen LogP contribution in [0.1, 0.15) is 16.7 Å². The summed E-state index contributed by atoms with van der Waals surface area (Å²) in [5.41, 5.74) is 5.96. The van der Waals surface area contributed by atoms with Crippen molar-refractivity contribution < 1.29 is 0 Å². The lowest BCUT2D eigenvalue weighted by molar-refractivity contribution is 0.689. The fourth-order valence-electron chi connectivity index (χ4n) is 2.56. The molecule has 0 bridgehead atoms. The molecule has 2 aromatic heterocycles. The monoisotopic (exact) mass is 292 g/mol. The van der Waals surface area contributed by atoms with Crippen molar-refractivity contribution in [1.82, 2.24) is 20.1 Å². The highest BCUT2D eigenvalue weighted by Gasteiger charge is 2.09. The van der Waals surface area contributed by atoms with Crippen molar-refractivity contribution >= 4 is 0 Å². The van der Waals surface area contributed by atoms with Crippen LogP contribution < -0.4 is 5.32 Å². The van der Waals surface area contributed by atoms with Crippen molar-refractivity contribution in [3.63, 3.8) is 0 Å². The number of aryl methyl sites for hydroxylation is 2. The average Bonchev–Trinajstić information content (AvgIpc) is 2.91. The number of hydrogen-bond acceptors (Lipinski definition) is 3. The number of aromatic nitrogens is 3. The fraction of sp³-hybridized carbons (Fsp3) is 0.222. The van der Waals surface area contributed by atoms with Gasteiger partial charge in [-0.1, -0.05) is 24.3 Å². The first kappa shape index (κ1) is 14.5. The third-order valence-corrected chi connectivity index (χ3v) is 3.75. The SMILES string of the molecule is Cc1ccccc1CNCc1cn(C)nc1-c1ccncc1. The zero-order chi connectivity index (χ0) is 15.4. The molecule has 0 aliphatic carbocycles. The van der Waals surface area contributed by atoms with Gasteiger partial charge in [0.25, 0.3) is 0 Å². The summed E-state index contributed by atoms with van der Waals surface area (Å²) in [7, 11) is 1.95. The zero-order valence-corrected chi connectivity index (χ0v) is 13.0. The van der Waals surface area contributed by atoms with Crippen LogP contribution in [0.5, 0.6) is 0 Å². The van der Waals surface area contributed by atoms with Gasteiger partial charge in [0.1, 0.15) is 0 Å². The minimum Gasteiger partial charge on any atom is -0.308 e. The highest BCUT2D eigenvalue weighted by atomic mass is 15.3. The van der Waals surface area contributed by atoms with Gasteiger partial charge in [0, 0.05) is 49.9 Å². The van der Waals surface area contributed by atoms with Crippen LogP contribution in [0.4, 0.5) is 0 Å². The van der Waals surface area contributed by atoms with Crippen molar-refractivity contribution in [3.8, 4) is 11.3 Å². The van der Waals surface area contributed by atoms with Crippen LogP contribution in [-0.2, 0) is 20.1 Å². The van der Waals surface area contributed by atoms with Gasteiger partial charge in [0.15, 0.2) is 0 Å². The molecule has 3 rings (SSSR count). The molecule has 112 valence electrons. The minimum atomic E-state index is 0.791. The standard InChI is InChI=1S/C18H20N4/c1-14-5-3-4-6-16(14)11-20-12-17-13-22(2)21-18(17)15-7-9-19-10-8-15/h3-10,13,20H,11-12H2,1-2H3. The number of hydrogen-bond donors (Lipinski definition) is 1. The molecule has 0 atom stereocenters. The number of pyridine rings is 1. The van der Waals surface area contributed by atoms with Crippen LogP contribution in [0, 0.1) is 6.92 Å². The molecule has 1 N–H and O–H groups in total. The Bertz CT molecular complexity index is 747. The summed E-state index contributed by atoms with van der Waals surface area (Å²) in [4.78, 5) is 4.07. The lowest BCUT2D eigenvalue weighted by Crippen LogP contribution is -2.13. The minimum absolute atomic E-state index is 0.791. The molecule has 0 saturated carbocycles. The van der Waals surface area contributed by atoms with Crippen LogP contribution >= 0.6 is 0 Å². The average molecular weight is 292 g/mol. The van der Waals surface area contributed by atoms with E-state index in [1.165, 1.54) is 16.7 Å². The molecule has 22 heavy (non-hydrogen) atoms. The Balaban J connectivity index is 1.72. The Labute approximate surface area is 130 Å². The van der Waals surface area contributed by atoms with Crippen molar-refractivity contribution in [1.29, 1.82) is 0 Å². The van der Waals surface area contributed by atoms with E-state index >= 15 is 0 Å². The van der Waals surface area contributed by atoms with E-state index in [1.807, 2.05) is 23.9 Å². The molecule has 0 radical (unpaired) electrons. The van der Waals surface area contributed by atoms with Gasteiger partial charge in [-0.25, -0.2) is 0 Å². The quantitative estimate of drug-likeness (QED) is 0.786. The van der Waals surface area contributed by atoms with Crippen LogP contribution in [0.3, 0.4) is 0 Å². The van der Waals surface area contributed by atoms with Gasteiger partial charge in [-0.05, 0) is 30.2 Å². The molecule has 0 unspecified atom stereocenters. The third kappa shape index (κ3) is 3.23. The Morgan fingerprint density at radius 2 is 1.73 bits per heavy atom. The molecule has 0 saturated heterocycles. The van der Waals surface area contributed by atoms with Crippen LogP contribution in [0.25, 0.3) is 11.3 Å². The topological polar surface area (TPSA) is 42.7 Å². The van der Waals surface area contributed by atoms with Crippen molar-refractivity contribution in [2.45, 2.75) is 20.0 Å². The summed E-state index contributed by atoms with van der Waals surface area (Å²) >= 11 is 0. The van der Waals surface area contributed by atoms with Gasteiger partial charge in [0.05, 0.1) is 5.69 Å². The molecule has 0 aliphatic rings. The van der Waals surface area contributed by atoms with Crippen molar-refractivity contribution in [3.05, 3.63) is 71.7 Å². The Morgan fingerprint density at radius 1 is 1.00 bits per heavy atom. The molecule has 0 fully saturated rings. The van der Waals surface area contributed by atoms with E-state index in [0.29, 0.717) is 0 Å². The van der Waals surface area contributed by atoms with Crippen LogP contribution in [0.2, 0.25) is 0 Å². The molecule has 0 aliphatic heterocycles. The van der Waals surface area contributed by atoms with E-state index in [1.54, 1.807) is 12.4 Å². The summed E-state index contributed by atoms with van der Waals surface area (Å²) in [5.74, 6) is 0. The first-order valence-electron chi connectivity index (χ1n) is 7.42. The summed E-state index contributed by atoms with van der Waals surface area (Å²) in [6.45, 7) is 3.79. The zero-order valence-electron chi connectivity index (χ0n) is 13.0. The van der Waals surface area contributed by atoms with E-state index in [-0.39, 0.29) is 0 Å². The van der Waals surface area contributed by atoms with Gasteiger partial charge in [-0.3, -0.25) is 9.67 Å². The lowest BCUT2D eigenvalue weighted by atomic mass is 10.1. The van der Waals surface area contributed by atoms with E-state index in [9.17, 15) is 0 Å². The van der Waals surface area contributed by atoms with Crippen LogP contribution in [-0.4, -0.2) is 14.8 Å². The molecular weight excluding hydrogens is 272 g/mol. The summed E-state index contributed by atoms with van der Waals surface area (Å²) in [6, 6.07) is 12.4. The molecule has 3 aromatic rings. The predicted molar refractivity (Wildman–Crippen MR) is 88.2 cm³/mol. The van der Waals surface area contributed by atoms with Gasteiger partial charge in [-0.15, -0.1) is 0 Å². The highest BCUT2D eigenvalue weighted by Crippen LogP contribution is 2.21. The largest absolute Gasteiger partial charge is 0.308 e. The maximum absolute atomic E-state index is 4.57. The number of rotatable bonds is 5. The summed E-state index contributed by atoms with van der Waals surface area (Å²) < 4.78 is 1.86. The number of benzene rings is 1. The summed E-state index contributed by atoms with van der Waals surface area (Å²) in [6.07, 6.45) is 5.67. The number of nitrogens with zero attached hydrogens (tertiary/aromatic N) is 3. The second-order valence-corrected chi connectivity index (χ2v) is 5.44. The molecule has 4 heteroatoms. The molecule has 0 spiro atoms. The predicted octanol–water partition coefficient (Wildman–Crippen LogP) is 3.08. The van der Waals surface area contributed by atoms with Gasteiger partial charge in [-0.2, -0.15) is 5.10 Å². The molecule has 0 amide bonds. The van der Waals surface area contributed by atoms with Crippen molar-refractivity contribution in [2.75, 3.05) is 0 Å². The first-order chi connectivity index (χ1) is 10.7. The van der Waals surface area contributed by atoms with Gasteiger partial charge >= 0.3 is 0 Å². The first-order valence-corrected chi connectivity index (χ1v) is 7.42. The Morgan fingerprint density at radius 3 is 2.50 bits per heavy atom. The fourth-order valence-corrected chi connectivity index (χ4v) is 2.56. The lowest BCUT2D eigenvalue weighted by Gasteiger charge is -2.08. The molecule has 4 nitrogen and oxygen atoms in total. The maximum atomic E-state index is 4.57. The van der Waals surface area contributed by atoms with E-state index in [0.717, 1.165) is 24.3 Å². The third-order valence-electron chi connectivity index (χ3n) is 3.75. The van der Waals surface area contributed by atoms with Crippen molar-refractivity contribution in [2.24, 2.45) is 7.05 Å². The van der Waals surface area contributed by atoms with Gasteiger partial charge in [0.2, 0.25) is 0 Å². The maximum Gasteiger partial charge on any atom is 0.0969 e. The second kappa shape index (κ2) is 6.54. The Hall–Kier alpha value is -2.46. The smallest absolute Gasteiger partial charge is 0.0969 e. The molecule has 2 heterocycles. The molecule has 1 aromatic carbocycles. The van der Waals surface area contributed by atoms with E-state index in [4.69, 9.17) is 0 Å². The van der Waals surface area contributed by atoms with E-state index < -0.39 is 0 Å². The molecular formula is C18H20N4. The van der Waals surface area contributed by atoms with Gasteiger partial charge < -0.3 is 5.32 Å². The van der Waals surface area contributed by atoms with E-state index in [2.05, 4.69) is 52.8 Å². The number of nitrogens with one attached hydrogen (secondary N) is 1. The summed E-state index contributed by atoms with van der Waals surface area (Å²) in [5, 5.41) is 8.09. The normalized spacial score (nSPS) is 10.8.